The van der Waals surface area contributed by atoms with Crippen LogP contribution in [0.3, 0.4) is 0 Å². The van der Waals surface area contributed by atoms with Crippen molar-refractivity contribution in [1.82, 2.24) is 9.13 Å². The highest BCUT2D eigenvalue weighted by Crippen LogP contribution is 2.41. The molecule has 2 heterocycles. The van der Waals surface area contributed by atoms with Crippen LogP contribution in [-0.2, 0) is 0 Å². The Bertz CT molecular complexity index is 2950. The maximum absolute atomic E-state index is 2.45. The number of hydrogen-bond acceptors (Lipinski definition) is 0. The third kappa shape index (κ3) is 4.31. The van der Waals surface area contributed by atoms with Gasteiger partial charge in [-0.05, 0) is 92.3 Å². The molecule has 11 aromatic rings. The lowest BCUT2D eigenvalue weighted by atomic mass is 9.98. The van der Waals surface area contributed by atoms with E-state index >= 15 is 0 Å². The molecule has 0 N–H and O–H groups in total. The van der Waals surface area contributed by atoms with Crippen LogP contribution < -0.4 is 0 Å². The Morgan fingerprint density at radius 1 is 0.250 bits per heavy atom. The molecule has 0 aliphatic rings. The van der Waals surface area contributed by atoms with Gasteiger partial charge < -0.3 is 9.13 Å². The second-order valence-corrected chi connectivity index (χ2v) is 13.7. The minimum atomic E-state index is 1.16. The van der Waals surface area contributed by atoms with E-state index in [1.165, 1.54) is 87.4 Å². The highest BCUT2D eigenvalue weighted by molar-refractivity contribution is 6.19. The van der Waals surface area contributed by atoms with E-state index in [0.29, 0.717) is 0 Å². The van der Waals surface area contributed by atoms with E-state index in [1.54, 1.807) is 0 Å². The molecule has 2 nitrogen and oxygen atoms in total. The van der Waals surface area contributed by atoms with E-state index in [9.17, 15) is 0 Å². The van der Waals surface area contributed by atoms with E-state index < -0.39 is 0 Å². The fourth-order valence-electron chi connectivity index (χ4n) is 8.55. The van der Waals surface area contributed by atoms with Gasteiger partial charge in [0, 0.05) is 32.9 Å². The largest absolute Gasteiger partial charge is 0.309 e. The van der Waals surface area contributed by atoms with Crippen molar-refractivity contribution in [3.8, 4) is 33.6 Å². The maximum Gasteiger partial charge on any atom is 0.0548 e. The molecule has 0 bridgehead atoms. The first-order valence-corrected chi connectivity index (χ1v) is 17.9. The van der Waals surface area contributed by atoms with Crippen LogP contribution in [0.15, 0.2) is 194 Å². The van der Waals surface area contributed by atoms with E-state index in [4.69, 9.17) is 0 Å². The molecule has 2 heteroatoms. The van der Waals surface area contributed by atoms with Crippen LogP contribution >= 0.6 is 0 Å². The summed E-state index contributed by atoms with van der Waals surface area (Å²) in [6.45, 7) is 0. The van der Waals surface area contributed by atoms with Gasteiger partial charge >= 0.3 is 0 Å². The van der Waals surface area contributed by atoms with Crippen molar-refractivity contribution in [3.05, 3.63) is 194 Å². The number of aromatic nitrogens is 2. The first-order valence-electron chi connectivity index (χ1n) is 17.9. The van der Waals surface area contributed by atoms with Gasteiger partial charge in [-0.1, -0.05) is 146 Å². The Balaban J connectivity index is 1.15. The fourth-order valence-corrected chi connectivity index (χ4v) is 8.55. The normalized spacial score (nSPS) is 11.8. The van der Waals surface area contributed by atoms with Crippen LogP contribution in [0.5, 0.6) is 0 Å². The summed E-state index contributed by atoms with van der Waals surface area (Å²) in [6.07, 6.45) is 0. The van der Waals surface area contributed by atoms with Crippen LogP contribution in [0.25, 0.3) is 98.8 Å². The minimum Gasteiger partial charge on any atom is -0.309 e. The monoisotopic (exact) mass is 660 g/mol. The van der Waals surface area contributed by atoms with Crippen LogP contribution in [0, 0.1) is 0 Å². The maximum atomic E-state index is 2.45. The second kappa shape index (κ2) is 11.3. The first-order chi connectivity index (χ1) is 25.8. The number of fused-ring (bicyclic) bond motifs is 8. The fraction of sp³-hybridized carbons (Fsp3) is 0. The molecule has 9 aromatic carbocycles. The molecule has 0 saturated heterocycles. The molecule has 0 radical (unpaired) electrons. The third-order valence-corrected chi connectivity index (χ3v) is 10.9. The second-order valence-electron chi connectivity index (χ2n) is 13.7. The molecular formula is C50H32N2. The van der Waals surface area contributed by atoms with Gasteiger partial charge in [-0.3, -0.25) is 0 Å². The molecule has 11 rings (SSSR count). The van der Waals surface area contributed by atoms with Crippen molar-refractivity contribution in [1.29, 1.82) is 0 Å². The molecular weight excluding hydrogens is 629 g/mol. The summed E-state index contributed by atoms with van der Waals surface area (Å²) in [7, 11) is 0. The quantitative estimate of drug-likeness (QED) is 0.178. The van der Waals surface area contributed by atoms with Crippen LogP contribution in [0.1, 0.15) is 0 Å². The average Bonchev–Trinajstić information content (AvgIpc) is 3.71. The molecule has 0 fully saturated rings. The SMILES string of the molecule is c1ccc(-c2cccc3cc(-n4c5ccccc5c5cc6c(cc54)c4ccccc4n6-c4ccc5c(-c6ccccc6)cccc5c4)ccc23)cc1. The topological polar surface area (TPSA) is 9.86 Å². The van der Waals surface area contributed by atoms with Gasteiger partial charge in [0.2, 0.25) is 0 Å². The Hall–Kier alpha value is -6.90. The molecule has 52 heavy (non-hydrogen) atoms. The van der Waals surface area contributed by atoms with Crippen molar-refractivity contribution < 1.29 is 0 Å². The summed E-state index contributed by atoms with van der Waals surface area (Å²) in [4.78, 5) is 0. The van der Waals surface area contributed by atoms with Crippen LogP contribution in [0.2, 0.25) is 0 Å². The molecule has 0 saturated carbocycles. The molecule has 0 amide bonds. The molecule has 0 atom stereocenters. The predicted octanol–water partition coefficient (Wildman–Crippen LogP) is 13.5. The molecule has 0 aliphatic heterocycles. The van der Waals surface area contributed by atoms with Gasteiger partial charge in [0.25, 0.3) is 0 Å². The molecule has 0 spiro atoms. The molecule has 2 aromatic heterocycles. The standard InChI is InChI=1S/C50H32N2/c1-3-13-33(14-4-1)39-21-11-17-35-29-37(25-27-41(35)39)51-47-23-9-7-19-43(47)45-32-50-46(31-49(45)51)44-20-8-10-24-48(44)52(50)38-26-28-42-36(30-38)18-12-22-40(42)34-15-5-2-6-16-34/h1-32H. The van der Waals surface area contributed by atoms with Crippen molar-refractivity contribution >= 4 is 65.2 Å². The van der Waals surface area contributed by atoms with E-state index in [2.05, 4.69) is 203 Å². The van der Waals surface area contributed by atoms with E-state index in [-0.39, 0.29) is 0 Å². The van der Waals surface area contributed by atoms with Gasteiger partial charge in [-0.25, -0.2) is 0 Å². The van der Waals surface area contributed by atoms with Crippen LogP contribution in [0.4, 0.5) is 0 Å². The van der Waals surface area contributed by atoms with Crippen molar-refractivity contribution in [2.24, 2.45) is 0 Å². The molecule has 0 unspecified atom stereocenters. The summed E-state index contributed by atoms with van der Waals surface area (Å²) >= 11 is 0. The number of rotatable bonds is 4. The predicted molar refractivity (Wildman–Crippen MR) is 221 cm³/mol. The van der Waals surface area contributed by atoms with Gasteiger partial charge in [0.1, 0.15) is 0 Å². The zero-order chi connectivity index (χ0) is 34.2. The average molecular weight is 661 g/mol. The first kappa shape index (κ1) is 28.9. The highest BCUT2D eigenvalue weighted by Gasteiger charge is 2.19. The lowest BCUT2D eigenvalue weighted by Gasteiger charge is -2.13. The van der Waals surface area contributed by atoms with Crippen molar-refractivity contribution in [3.63, 3.8) is 0 Å². The number of benzene rings is 9. The lowest BCUT2D eigenvalue weighted by Crippen LogP contribution is -1.95. The Kier molecular flexibility index (Phi) is 6.28. The van der Waals surface area contributed by atoms with E-state index in [0.717, 1.165) is 11.4 Å². The van der Waals surface area contributed by atoms with Crippen molar-refractivity contribution in [2.45, 2.75) is 0 Å². The number of nitrogens with zero attached hydrogens (tertiary/aromatic N) is 2. The number of hydrogen-bond donors (Lipinski definition) is 0. The van der Waals surface area contributed by atoms with Gasteiger partial charge in [-0.15, -0.1) is 0 Å². The summed E-state index contributed by atoms with van der Waals surface area (Å²) < 4.78 is 4.90. The molecule has 0 aliphatic carbocycles. The zero-order valence-corrected chi connectivity index (χ0v) is 28.4. The summed E-state index contributed by atoms with van der Waals surface area (Å²) in [5, 5.41) is 9.98. The minimum absolute atomic E-state index is 1.16. The Labute approximate surface area is 301 Å². The third-order valence-electron chi connectivity index (χ3n) is 10.9. The Morgan fingerprint density at radius 2 is 0.673 bits per heavy atom. The number of para-hydroxylation sites is 2. The van der Waals surface area contributed by atoms with Crippen LogP contribution in [-0.4, -0.2) is 9.13 Å². The lowest BCUT2D eigenvalue weighted by molar-refractivity contribution is 1.18. The van der Waals surface area contributed by atoms with E-state index in [1.807, 2.05) is 0 Å². The summed E-state index contributed by atoms with van der Waals surface area (Å²) in [5.74, 6) is 0. The van der Waals surface area contributed by atoms with Gasteiger partial charge in [0.05, 0.1) is 22.1 Å². The smallest absolute Gasteiger partial charge is 0.0548 e. The summed E-state index contributed by atoms with van der Waals surface area (Å²) in [6, 6.07) is 71.0. The van der Waals surface area contributed by atoms with Gasteiger partial charge in [-0.2, -0.15) is 0 Å². The molecule has 242 valence electrons. The Morgan fingerprint density at radius 3 is 1.13 bits per heavy atom. The van der Waals surface area contributed by atoms with Gasteiger partial charge in [0.15, 0.2) is 0 Å². The zero-order valence-electron chi connectivity index (χ0n) is 28.4. The summed E-state index contributed by atoms with van der Waals surface area (Å²) in [5.41, 5.74) is 12.1. The van der Waals surface area contributed by atoms with Crippen molar-refractivity contribution in [2.75, 3.05) is 0 Å². The highest BCUT2D eigenvalue weighted by atomic mass is 15.0.